The van der Waals surface area contributed by atoms with E-state index in [1.54, 1.807) is 19.1 Å². The van der Waals surface area contributed by atoms with E-state index in [-0.39, 0.29) is 0 Å². The third kappa shape index (κ3) is 3.48. The second kappa shape index (κ2) is 5.53. The summed E-state index contributed by atoms with van der Waals surface area (Å²) in [5.41, 5.74) is 0.459. The highest BCUT2D eigenvalue weighted by Crippen LogP contribution is 2.11. The summed E-state index contributed by atoms with van der Waals surface area (Å²) in [7, 11) is 0. The van der Waals surface area contributed by atoms with Crippen molar-refractivity contribution in [2.45, 2.75) is 32.7 Å². The number of hydrogen-bond acceptors (Lipinski definition) is 2. The van der Waals surface area contributed by atoms with Crippen molar-refractivity contribution in [2.75, 3.05) is 5.32 Å². The van der Waals surface area contributed by atoms with E-state index < -0.39 is 17.5 Å². The lowest BCUT2D eigenvalue weighted by atomic mass is 10.00. The van der Waals surface area contributed by atoms with Crippen LogP contribution in [0.2, 0.25) is 0 Å². The van der Waals surface area contributed by atoms with Crippen LogP contribution in [0.1, 0.15) is 25.8 Å². The van der Waals surface area contributed by atoms with E-state index in [9.17, 15) is 9.59 Å². The number of carboxylic acid groups (broad SMARTS) is 1. The zero-order chi connectivity index (χ0) is 13.8. The maximum absolute atomic E-state index is 11.7. The number of aryl methyl sites for hydroxylation is 1. The molecule has 0 spiro atoms. The third-order valence-corrected chi connectivity index (χ3v) is 2.88. The largest absolute Gasteiger partial charge is 0.480 e. The number of carboxylic acids is 1. The molecule has 5 nitrogen and oxygen atoms in total. The van der Waals surface area contributed by atoms with Gasteiger partial charge < -0.3 is 15.7 Å². The summed E-state index contributed by atoms with van der Waals surface area (Å²) in [4.78, 5) is 22.7. The quantitative estimate of drug-likeness (QED) is 0.767. The Bertz CT molecular complexity index is 442. The zero-order valence-corrected chi connectivity index (χ0v) is 10.8. The van der Waals surface area contributed by atoms with Gasteiger partial charge in [0, 0.05) is 5.69 Å². The van der Waals surface area contributed by atoms with Gasteiger partial charge in [-0.15, -0.1) is 0 Å². The number of anilines is 1. The maximum atomic E-state index is 11.7. The first-order valence-electron chi connectivity index (χ1n) is 5.76. The molecule has 0 aliphatic carbocycles. The molecule has 0 aliphatic heterocycles. The number of hydrogen-bond donors (Lipinski definition) is 3. The first-order valence-corrected chi connectivity index (χ1v) is 5.76. The Kier molecular flexibility index (Phi) is 4.31. The summed E-state index contributed by atoms with van der Waals surface area (Å²) in [6, 6.07) is 6.74. The number of nitrogens with one attached hydrogen (secondary N) is 2. The molecule has 0 radical (unpaired) electrons. The SMILES string of the molecule is CCC(C)(NC(=O)Nc1ccc(C)cc1)C(=O)O. The molecule has 1 aromatic carbocycles. The van der Waals surface area contributed by atoms with Gasteiger partial charge in [0.1, 0.15) is 5.54 Å². The molecule has 18 heavy (non-hydrogen) atoms. The van der Waals surface area contributed by atoms with Gasteiger partial charge in [-0.1, -0.05) is 24.6 Å². The van der Waals surface area contributed by atoms with E-state index in [1.807, 2.05) is 19.1 Å². The van der Waals surface area contributed by atoms with Crippen LogP contribution in [0.25, 0.3) is 0 Å². The summed E-state index contributed by atoms with van der Waals surface area (Å²) >= 11 is 0. The Morgan fingerprint density at radius 2 is 1.83 bits per heavy atom. The standard InChI is InChI=1S/C13H18N2O3/c1-4-13(3,11(16)17)15-12(18)14-10-7-5-9(2)6-8-10/h5-8H,4H2,1-3H3,(H,16,17)(H2,14,15,18). The Balaban J connectivity index is 2.66. The second-order valence-corrected chi connectivity index (χ2v) is 4.44. The smallest absolute Gasteiger partial charge is 0.329 e. The highest BCUT2D eigenvalue weighted by molar-refractivity contribution is 5.93. The average molecular weight is 250 g/mol. The lowest BCUT2D eigenvalue weighted by Gasteiger charge is -2.24. The van der Waals surface area contributed by atoms with Gasteiger partial charge in [-0.3, -0.25) is 0 Å². The summed E-state index contributed by atoms with van der Waals surface area (Å²) in [5.74, 6) is -1.05. The summed E-state index contributed by atoms with van der Waals surface area (Å²) < 4.78 is 0. The number of benzene rings is 1. The molecule has 2 amide bonds. The summed E-state index contributed by atoms with van der Waals surface area (Å²) in [6.45, 7) is 5.13. The fourth-order valence-electron chi connectivity index (χ4n) is 1.34. The van der Waals surface area contributed by atoms with Gasteiger partial charge in [0.05, 0.1) is 0 Å². The molecule has 0 saturated heterocycles. The molecule has 98 valence electrons. The minimum Gasteiger partial charge on any atom is -0.480 e. The zero-order valence-electron chi connectivity index (χ0n) is 10.8. The van der Waals surface area contributed by atoms with Crippen molar-refractivity contribution in [3.05, 3.63) is 29.8 Å². The molecular formula is C13H18N2O3. The third-order valence-electron chi connectivity index (χ3n) is 2.88. The topological polar surface area (TPSA) is 78.4 Å². The number of aliphatic carboxylic acids is 1. The molecule has 3 N–H and O–H groups in total. The van der Waals surface area contributed by atoms with Crippen molar-refractivity contribution in [1.29, 1.82) is 0 Å². The average Bonchev–Trinajstić information content (AvgIpc) is 2.31. The minimum absolute atomic E-state index is 0.309. The molecule has 5 heteroatoms. The molecule has 1 aromatic rings. The van der Waals surface area contributed by atoms with Crippen LogP contribution in [0.5, 0.6) is 0 Å². The Labute approximate surface area is 106 Å². The molecule has 0 aromatic heterocycles. The molecule has 0 heterocycles. The lowest BCUT2D eigenvalue weighted by Crippen LogP contribution is -2.53. The van der Waals surface area contributed by atoms with Gasteiger partial charge in [-0.25, -0.2) is 9.59 Å². The van der Waals surface area contributed by atoms with Crippen LogP contribution in [0, 0.1) is 6.92 Å². The molecule has 1 unspecified atom stereocenters. The fourth-order valence-corrected chi connectivity index (χ4v) is 1.34. The predicted octanol–water partition coefficient (Wildman–Crippen LogP) is 2.37. The van der Waals surface area contributed by atoms with Crippen LogP contribution in [0.4, 0.5) is 10.5 Å². The van der Waals surface area contributed by atoms with Crippen LogP contribution in [0.3, 0.4) is 0 Å². The molecule has 0 saturated carbocycles. The summed E-state index contributed by atoms with van der Waals surface area (Å²) in [6.07, 6.45) is 0.309. The van der Waals surface area contributed by atoms with Gasteiger partial charge in [0.25, 0.3) is 0 Å². The molecule has 1 rings (SSSR count). The summed E-state index contributed by atoms with van der Waals surface area (Å²) in [5, 5.41) is 14.1. The van der Waals surface area contributed by atoms with Crippen LogP contribution in [-0.4, -0.2) is 22.6 Å². The molecule has 0 aliphatic rings. The molecule has 1 atom stereocenters. The number of rotatable bonds is 4. The number of amides is 2. The number of carbonyl (C=O) groups excluding carboxylic acids is 1. The normalized spacial score (nSPS) is 13.5. The Hall–Kier alpha value is -2.04. The van der Waals surface area contributed by atoms with Crippen molar-refractivity contribution in [3.8, 4) is 0 Å². The van der Waals surface area contributed by atoms with Crippen LogP contribution < -0.4 is 10.6 Å². The van der Waals surface area contributed by atoms with Crippen molar-refractivity contribution in [3.63, 3.8) is 0 Å². The van der Waals surface area contributed by atoms with E-state index >= 15 is 0 Å². The second-order valence-electron chi connectivity index (χ2n) is 4.44. The lowest BCUT2D eigenvalue weighted by molar-refractivity contribution is -0.143. The van der Waals surface area contributed by atoms with E-state index in [0.29, 0.717) is 12.1 Å². The van der Waals surface area contributed by atoms with Gasteiger partial charge in [-0.2, -0.15) is 0 Å². The Morgan fingerprint density at radius 3 is 2.28 bits per heavy atom. The van der Waals surface area contributed by atoms with E-state index in [2.05, 4.69) is 10.6 Å². The Morgan fingerprint density at radius 1 is 1.28 bits per heavy atom. The maximum Gasteiger partial charge on any atom is 0.329 e. The van der Waals surface area contributed by atoms with Gasteiger partial charge in [0.2, 0.25) is 0 Å². The van der Waals surface area contributed by atoms with E-state index in [1.165, 1.54) is 6.92 Å². The fraction of sp³-hybridized carbons (Fsp3) is 0.385. The molecule has 0 bridgehead atoms. The van der Waals surface area contributed by atoms with Crippen molar-refractivity contribution >= 4 is 17.7 Å². The first-order chi connectivity index (χ1) is 8.37. The monoisotopic (exact) mass is 250 g/mol. The van der Waals surface area contributed by atoms with Crippen LogP contribution in [-0.2, 0) is 4.79 Å². The van der Waals surface area contributed by atoms with Crippen molar-refractivity contribution in [1.82, 2.24) is 5.32 Å². The number of carbonyl (C=O) groups is 2. The van der Waals surface area contributed by atoms with E-state index in [4.69, 9.17) is 5.11 Å². The minimum atomic E-state index is -1.26. The highest BCUT2D eigenvalue weighted by Gasteiger charge is 2.32. The van der Waals surface area contributed by atoms with Crippen LogP contribution >= 0.6 is 0 Å². The van der Waals surface area contributed by atoms with Gasteiger partial charge in [0.15, 0.2) is 0 Å². The van der Waals surface area contributed by atoms with Crippen molar-refractivity contribution < 1.29 is 14.7 Å². The van der Waals surface area contributed by atoms with Gasteiger partial charge in [-0.05, 0) is 32.4 Å². The number of urea groups is 1. The van der Waals surface area contributed by atoms with Gasteiger partial charge >= 0.3 is 12.0 Å². The molecule has 0 fully saturated rings. The predicted molar refractivity (Wildman–Crippen MR) is 69.7 cm³/mol. The highest BCUT2D eigenvalue weighted by atomic mass is 16.4. The van der Waals surface area contributed by atoms with Crippen LogP contribution in [0.15, 0.2) is 24.3 Å². The molecular weight excluding hydrogens is 232 g/mol. The van der Waals surface area contributed by atoms with E-state index in [0.717, 1.165) is 5.56 Å². The van der Waals surface area contributed by atoms with Crippen molar-refractivity contribution in [2.24, 2.45) is 0 Å². The first kappa shape index (κ1) is 14.0.